The van der Waals surface area contributed by atoms with Crippen LogP contribution >= 0.6 is 0 Å². The van der Waals surface area contributed by atoms with Gasteiger partial charge in [-0.15, -0.1) is 0 Å². The van der Waals surface area contributed by atoms with Gasteiger partial charge in [-0.25, -0.2) is 0 Å². The first-order chi connectivity index (χ1) is 13.8. The maximum absolute atomic E-state index is 3.60. The van der Waals surface area contributed by atoms with Gasteiger partial charge >= 0.3 is 169 Å². The minimum Gasteiger partial charge on any atom is -0.0654 e. The minimum absolute atomic E-state index is 0.904. The van der Waals surface area contributed by atoms with Gasteiger partial charge in [-0.3, -0.25) is 0 Å². The number of unbranched alkanes of at least 4 members (excludes halogenated alkanes) is 7. The number of rotatable bonds is 19. The molecule has 0 aliphatic heterocycles. The summed E-state index contributed by atoms with van der Waals surface area (Å²) < 4.78 is 5.15. The second kappa shape index (κ2) is 25.1. The molecule has 0 saturated carbocycles. The zero-order chi connectivity index (χ0) is 22.3. The van der Waals surface area contributed by atoms with E-state index in [-0.39, 0.29) is 0 Å². The summed E-state index contributed by atoms with van der Waals surface area (Å²) >= 11 is -1.18. The maximum Gasteiger partial charge on any atom is -0.0533 e. The molecule has 0 nitrogen and oxygen atoms in total. The van der Waals surface area contributed by atoms with Crippen molar-refractivity contribution in [3.8, 4) is 0 Å². The molecule has 29 heavy (non-hydrogen) atoms. The molecule has 0 rings (SSSR count). The van der Waals surface area contributed by atoms with Gasteiger partial charge < -0.3 is 0 Å². The zero-order valence-electron chi connectivity index (χ0n) is 22.0. The first-order valence-electron chi connectivity index (χ1n) is 13.6. The smallest absolute Gasteiger partial charge is 0.0533 e. The minimum atomic E-state index is -1.18. The second-order valence-corrected chi connectivity index (χ2v) is 20.7. The molecule has 177 valence electrons. The number of hydrogen-bond acceptors (Lipinski definition) is 0. The van der Waals surface area contributed by atoms with Crippen LogP contribution in [0.4, 0.5) is 0 Å². The standard InChI is InChI=1S/3C8H17.C4H9.Sn.H/c3*1-4-5-6-7-8(2)3;1-3-4-2;;/h3*8H,1,4-7H2,2-3H3;1,3-4H2,2H3;;. The SMILES string of the molecule is CC(C)CCCC[CH2][SnH]([CH2]CCCCC(C)C)[CH2]CCCCC(C)C.[CH2]CCC. The van der Waals surface area contributed by atoms with E-state index in [1.807, 2.05) is 0 Å². The Balaban J connectivity index is 0. The fourth-order valence-corrected chi connectivity index (χ4v) is 13.8. The van der Waals surface area contributed by atoms with E-state index in [4.69, 9.17) is 0 Å². The van der Waals surface area contributed by atoms with Crippen molar-refractivity contribution in [3.05, 3.63) is 6.92 Å². The molecule has 0 saturated heterocycles. The molecule has 0 aromatic rings. The predicted octanol–water partition coefficient (Wildman–Crippen LogP) is 10.5. The van der Waals surface area contributed by atoms with Crippen LogP contribution in [0.1, 0.15) is 138 Å². The molecule has 1 heteroatoms. The van der Waals surface area contributed by atoms with Gasteiger partial charge in [-0.2, -0.15) is 0 Å². The number of hydrogen-bond donors (Lipinski definition) is 0. The summed E-state index contributed by atoms with van der Waals surface area (Å²) in [5.41, 5.74) is 0. The summed E-state index contributed by atoms with van der Waals surface area (Å²) in [6, 6.07) is 0. The summed E-state index contributed by atoms with van der Waals surface area (Å²) in [6.07, 6.45) is 20.4. The van der Waals surface area contributed by atoms with Crippen molar-refractivity contribution in [2.75, 3.05) is 0 Å². The van der Waals surface area contributed by atoms with E-state index in [0.717, 1.165) is 24.2 Å². The van der Waals surface area contributed by atoms with E-state index < -0.39 is 19.8 Å². The normalized spacial score (nSPS) is 11.6. The Hall–Kier alpha value is 0.799. The van der Waals surface area contributed by atoms with Crippen molar-refractivity contribution in [2.24, 2.45) is 17.8 Å². The molecule has 0 aliphatic rings. The van der Waals surface area contributed by atoms with Crippen LogP contribution in [0.15, 0.2) is 0 Å². The van der Waals surface area contributed by atoms with E-state index in [0.29, 0.717) is 0 Å². The fraction of sp³-hybridized carbons (Fsp3) is 0.964. The van der Waals surface area contributed by atoms with Crippen molar-refractivity contribution in [2.45, 2.75) is 152 Å². The van der Waals surface area contributed by atoms with E-state index in [1.165, 1.54) is 64.2 Å². The third-order valence-electron chi connectivity index (χ3n) is 6.04. The Labute approximate surface area is 195 Å². The third-order valence-corrected chi connectivity index (χ3v) is 16.5. The maximum atomic E-state index is 3.60. The Morgan fingerprint density at radius 3 is 1.00 bits per heavy atom. The first-order valence-corrected chi connectivity index (χ1v) is 20.6. The molecule has 0 bridgehead atoms. The first kappa shape index (κ1) is 32.0. The van der Waals surface area contributed by atoms with Gasteiger partial charge in [0.15, 0.2) is 0 Å². The monoisotopic (exact) mass is 517 g/mol. The van der Waals surface area contributed by atoms with Crippen molar-refractivity contribution < 1.29 is 0 Å². The van der Waals surface area contributed by atoms with Crippen LogP contribution in [-0.4, -0.2) is 19.8 Å². The molecule has 0 heterocycles. The molecule has 0 unspecified atom stereocenters. The molecule has 0 N–H and O–H groups in total. The largest absolute Gasteiger partial charge is 0.0654 e. The molecule has 0 aliphatic carbocycles. The van der Waals surface area contributed by atoms with Crippen LogP contribution in [0.5, 0.6) is 0 Å². The molecule has 0 atom stereocenters. The summed E-state index contributed by atoms with van der Waals surface area (Å²) in [5, 5.41) is 0. The third kappa shape index (κ3) is 31.1. The summed E-state index contributed by atoms with van der Waals surface area (Å²) in [6.45, 7) is 20.0. The van der Waals surface area contributed by atoms with Crippen molar-refractivity contribution >= 4 is 19.8 Å². The average Bonchev–Trinajstić information content (AvgIpc) is 2.66. The van der Waals surface area contributed by atoms with Gasteiger partial charge in [0.05, 0.1) is 0 Å². The van der Waals surface area contributed by atoms with Crippen molar-refractivity contribution in [1.82, 2.24) is 0 Å². The molecular formula is C28H61Sn. The Morgan fingerprint density at radius 2 is 0.793 bits per heavy atom. The zero-order valence-corrected chi connectivity index (χ0v) is 25.3. The Morgan fingerprint density at radius 1 is 0.517 bits per heavy atom. The topological polar surface area (TPSA) is 0 Å². The van der Waals surface area contributed by atoms with E-state index >= 15 is 0 Å². The molecule has 0 fully saturated rings. The second-order valence-electron chi connectivity index (χ2n) is 10.8. The van der Waals surface area contributed by atoms with Crippen molar-refractivity contribution in [3.63, 3.8) is 0 Å². The molecule has 0 amide bonds. The van der Waals surface area contributed by atoms with E-state index in [1.54, 1.807) is 32.6 Å². The molecular weight excluding hydrogens is 455 g/mol. The Bertz CT molecular complexity index is 237. The van der Waals surface area contributed by atoms with Gasteiger partial charge in [0.25, 0.3) is 0 Å². The molecule has 1 radical (unpaired) electrons. The fourth-order valence-electron chi connectivity index (χ4n) is 3.92. The van der Waals surface area contributed by atoms with E-state index in [9.17, 15) is 0 Å². The molecule has 0 aromatic heterocycles. The molecule has 0 aromatic carbocycles. The average molecular weight is 517 g/mol. The Kier molecular flexibility index (Phi) is 27.6. The van der Waals surface area contributed by atoms with Crippen LogP contribution in [0.2, 0.25) is 13.3 Å². The van der Waals surface area contributed by atoms with Crippen LogP contribution in [0.25, 0.3) is 0 Å². The van der Waals surface area contributed by atoms with Gasteiger partial charge in [0.1, 0.15) is 0 Å². The van der Waals surface area contributed by atoms with Gasteiger partial charge in [-0.05, 0) is 0 Å². The van der Waals surface area contributed by atoms with Gasteiger partial charge in [-0.1, -0.05) is 26.7 Å². The summed E-state index contributed by atoms with van der Waals surface area (Å²) in [7, 11) is 0. The van der Waals surface area contributed by atoms with Crippen LogP contribution in [0.3, 0.4) is 0 Å². The predicted molar refractivity (Wildman–Crippen MR) is 142 cm³/mol. The quantitative estimate of drug-likeness (QED) is 0.118. The summed E-state index contributed by atoms with van der Waals surface area (Å²) in [5.74, 6) is 2.71. The van der Waals surface area contributed by atoms with Crippen LogP contribution in [-0.2, 0) is 0 Å². The molecule has 0 spiro atoms. The summed E-state index contributed by atoms with van der Waals surface area (Å²) in [4.78, 5) is 0. The van der Waals surface area contributed by atoms with Crippen LogP contribution in [0, 0.1) is 24.7 Å². The van der Waals surface area contributed by atoms with Crippen molar-refractivity contribution in [1.29, 1.82) is 0 Å². The van der Waals surface area contributed by atoms with E-state index in [2.05, 4.69) is 55.4 Å². The van der Waals surface area contributed by atoms with Gasteiger partial charge in [0, 0.05) is 0 Å². The van der Waals surface area contributed by atoms with Crippen LogP contribution < -0.4 is 0 Å². The van der Waals surface area contributed by atoms with Gasteiger partial charge in [0.2, 0.25) is 0 Å².